The van der Waals surface area contributed by atoms with Crippen molar-refractivity contribution < 1.29 is 19.1 Å². The molecule has 0 saturated carbocycles. The molecule has 1 aromatic rings. The van der Waals surface area contributed by atoms with Gasteiger partial charge in [0.1, 0.15) is 12.6 Å². The number of carbonyl (C=O) groups excluding carboxylic acids is 3. The molecular formula is C20H31N3O4. The predicted octanol–water partition coefficient (Wildman–Crippen LogP) is 2.31. The van der Waals surface area contributed by atoms with Crippen molar-refractivity contribution in [3.8, 4) is 0 Å². The molecule has 2 N–H and O–H groups in total. The zero-order valence-electron chi connectivity index (χ0n) is 17.0. The zero-order chi connectivity index (χ0) is 20.6. The largest absolute Gasteiger partial charge is 0.445 e. The first-order chi connectivity index (χ1) is 12.5. The summed E-state index contributed by atoms with van der Waals surface area (Å²) < 4.78 is 5.16. The van der Waals surface area contributed by atoms with Gasteiger partial charge in [-0.3, -0.25) is 9.59 Å². The Morgan fingerprint density at radius 3 is 2.22 bits per heavy atom. The molecule has 0 aliphatic heterocycles. The molecule has 0 aromatic heterocycles. The van der Waals surface area contributed by atoms with Crippen LogP contribution in [0.4, 0.5) is 4.79 Å². The van der Waals surface area contributed by atoms with Crippen LogP contribution >= 0.6 is 0 Å². The third-order valence-corrected chi connectivity index (χ3v) is 4.23. The number of amides is 3. The van der Waals surface area contributed by atoms with Gasteiger partial charge in [-0.25, -0.2) is 4.79 Å². The van der Waals surface area contributed by atoms with Crippen LogP contribution in [0.5, 0.6) is 0 Å². The Morgan fingerprint density at radius 1 is 1.11 bits per heavy atom. The molecule has 1 atom stereocenters. The maximum absolute atomic E-state index is 12.4. The van der Waals surface area contributed by atoms with E-state index in [-0.39, 0.29) is 30.5 Å². The molecule has 3 amide bonds. The Kier molecular flexibility index (Phi) is 8.28. The maximum atomic E-state index is 12.4. The van der Waals surface area contributed by atoms with Gasteiger partial charge in [0.05, 0.1) is 6.54 Å². The van der Waals surface area contributed by atoms with Gasteiger partial charge in [0.25, 0.3) is 0 Å². The summed E-state index contributed by atoms with van der Waals surface area (Å²) in [6, 6.07) is 8.48. The molecule has 0 bridgehead atoms. The van der Waals surface area contributed by atoms with Crippen molar-refractivity contribution >= 4 is 17.9 Å². The minimum Gasteiger partial charge on any atom is -0.445 e. The van der Waals surface area contributed by atoms with E-state index in [1.807, 2.05) is 65.0 Å². The standard InChI is InChI=1S/C20H31N3O4/c1-14(2)17(18(25)21-12-16(24)23(6)20(3,4)5)22-19(26)27-13-15-10-8-7-9-11-15/h7-11,14,17H,12-13H2,1-6H3,(H,21,25)(H,22,26). The van der Waals surface area contributed by atoms with Gasteiger partial charge in [-0.15, -0.1) is 0 Å². The molecule has 0 aliphatic carbocycles. The highest BCUT2D eigenvalue weighted by molar-refractivity contribution is 5.89. The van der Waals surface area contributed by atoms with Gasteiger partial charge < -0.3 is 20.3 Å². The molecule has 27 heavy (non-hydrogen) atoms. The van der Waals surface area contributed by atoms with Crippen LogP contribution in [0.1, 0.15) is 40.2 Å². The topological polar surface area (TPSA) is 87.7 Å². The SMILES string of the molecule is CC(C)C(NC(=O)OCc1ccccc1)C(=O)NCC(=O)N(C)C(C)(C)C. The van der Waals surface area contributed by atoms with Crippen molar-refractivity contribution in [3.63, 3.8) is 0 Å². The average Bonchev–Trinajstić information content (AvgIpc) is 2.61. The van der Waals surface area contributed by atoms with Gasteiger partial charge in [0.2, 0.25) is 11.8 Å². The van der Waals surface area contributed by atoms with Crippen molar-refractivity contribution in [2.45, 2.75) is 52.8 Å². The third kappa shape index (κ3) is 7.68. The molecule has 0 radical (unpaired) electrons. The second-order valence-corrected chi connectivity index (χ2v) is 7.77. The average molecular weight is 377 g/mol. The summed E-state index contributed by atoms with van der Waals surface area (Å²) >= 11 is 0. The summed E-state index contributed by atoms with van der Waals surface area (Å²) in [5, 5.41) is 5.17. The fraction of sp³-hybridized carbons (Fsp3) is 0.550. The molecule has 7 nitrogen and oxygen atoms in total. The number of hydrogen-bond acceptors (Lipinski definition) is 4. The summed E-state index contributed by atoms with van der Waals surface area (Å²) in [7, 11) is 1.69. The van der Waals surface area contributed by atoms with Gasteiger partial charge in [-0.2, -0.15) is 0 Å². The fourth-order valence-corrected chi connectivity index (χ4v) is 2.19. The molecule has 150 valence electrons. The summed E-state index contributed by atoms with van der Waals surface area (Å²) in [4.78, 5) is 38.2. The van der Waals surface area contributed by atoms with Gasteiger partial charge in [-0.05, 0) is 32.3 Å². The molecule has 0 aliphatic rings. The highest BCUT2D eigenvalue weighted by Gasteiger charge is 2.27. The Bertz CT molecular complexity index is 638. The van der Waals surface area contributed by atoms with E-state index in [1.165, 1.54) is 0 Å². The molecule has 0 spiro atoms. The fourth-order valence-electron chi connectivity index (χ4n) is 2.19. The number of benzene rings is 1. The molecule has 0 saturated heterocycles. The Balaban J connectivity index is 2.55. The second kappa shape index (κ2) is 9.94. The van der Waals surface area contributed by atoms with Crippen LogP contribution in [0.2, 0.25) is 0 Å². The number of hydrogen-bond donors (Lipinski definition) is 2. The Hall–Kier alpha value is -2.57. The van der Waals surface area contributed by atoms with Crippen molar-refractivity contribution in [1.82, 2.24) is 15.5 Å². The first kappa shape index (κ1) is 22.5. The minimum atomic E-state index is -0.791. The second-order valence-electron chi connectivity index (χ2n) is 7.77. The van der Waals surface area contributed by atoms with Crippen molar-refractivity contribution in [3.05, 3.63) is 35.9 Å². The number of nitrogens with zero attached hydrogens (tertiary/aromatic N) is 1. The van der Waals surface area contributed by atoms with E-state index in [0.717, 1.165) is 5.56 Å². The van der Waals surface area contributed by atoms with E-state index in [2.05, 4.69) is 10.6 Å². The van der Waals surface area contributed by atoms with E-state index < -0.39 is 18.0 Å². The van der Waals surface area contributed by atoms with Crippen LogP contribution in [0.3, 0.4) is 0 Å². The number of ether oxygens (including phenoxy) is 1. The summed E-state index contributed by atoms with van der Waals surface area (Å²) in [5.41, 5.74) is 0.521. The van der Waals surface area contributed by atoms with Gasteiger partial charge in [-0.1, -0.05) is 44.2 Å². The molecule has 1 rings (SSSR count). The highest BCUT2D eigenvalue weighted by atomic mass is 16.5. The lowest BCUT2D eigenvalue weighted by atomic mass is 10.0. The normalized spacial score (nSPS) is 12.3. The van der Waals surface area contributed by atoms with E-state index in [9.17, 15) is 14.4 Å². The van der Waals surface area contributed by atoms with Crippen molar-refractivity contribution in [1.29, 1.82) is 0 Å². The number of nitrogens with one attached hydrogen (secondary N) is 2. The van der Waals surface area contributed by atoms with Crippen LogP contribution in [0.25, 0.3) is 0 Å². The summed E-state index contributed by atoms with van der Waals surface area (Å²) in [6.45, 7) is 9.34. The monoisotopic (exact) mass is 377 g/mol. The number of alkyl carbamates (subject to hydrolysis) is 1. The van der Waals surface area contributed by atoms with E-state index >= 15 is 0 Å². The quantitative estimate of drug-likeness (QED) is 0.763. The van der Waals surface area contributed by atoms with Crippen LogP contribution in [-0.2, 0) is 20.9 Å². The first-order valence-electron chi connectivity index (χ1n) is 9.04. The van der Waals surface area contributed by atoms with E-state index in [4.69, 9.17) is 4.74 Å². The van der Waals surface area contributed by atoms with Crippen LogP contribution in [0, 0.1) is 5.92 Å². The lowest BCUT2D eigenvalue weighted by Crippen LogP contribution is -2.53. The summed E-state index contributed by atoms with van der Waals surface area (Å²) in [6.07, 6.45) is -0.675. The molecular weight excluding hydrogens is 346 g/mol. The maximum Gasteiger partial charge on any atom is 0.408 e. The van der Waals surface area contributed by atoms with Gasteiger partial charge in [0, 0.05) is 12.6 Å². The minimum absolute atomic E-state index is 0.119. The lowest BCUT2D eigenvalue weighted by Gasteiger charge is -2.32. The van der Waals surface area contributed by atoms with E-state index in [0.29, 0.717) is 0 Å². The van der Waals surface area contributed by atoms with Gasteiger partial charge >= 0.3 is 6.09 Å². The number of rotatable bonds is 7. The predicted molar refractivity (Wildman–Crippen MR) is 104 cm³/mol. The summed E-state index contributed by atoms with van der Waals surface area (Å²) in [5.74, 6) is -0.785. The lowest BCUT2D eigenvalue weighted by molar-refractivity contribution is -0.135. The number of carbonyl (C=O) groups is 3. The molecule has 0 fully saturated rings. The van der Waals surface area contributed by atoms with Crippen molar-refractivity contribution in [2.24, 2.45) is 5.92 Å². The number of likely N-dealkylation sites (N-methyl/N-ethyl adjacent to an activating group) is 1. The smallest absolute Gasteiger partial charge is 0.408 e. The molecule has 7 heteroatoms. The first-order valence-corrected chi connectivity index (χ1v) is 9.04. The zero-order valence-corrected chi connectivity index (χ0v) is 17.0. The van der Waals surface area contributed by atoms with Crippen LogP contribution in [0.15, 0.2) is 30.3 Å². The highest BCUT2D eigenvalue weighted by Crippen LogP contribution is 2.10. The molecule has 0 heterocycles. The third-order valence-electron chi connectivity index (χ3n) is 4.23. The Labute approximate surface area is 161 Å². The van der Waals surface area contributed by atoms with Crippen LogP contribution in [-0.4, -0.2) is 48.0 Å². The molecule has 1 unspecified atom stereocenters. The molecule has 1 aromatic carbocycles. The van der Waals surface area contributed by atoms with Gasteiger partial charge in [0.15, 0.2) is 0 Å². The van der Waals surface area contributed by atoms with E-state index in [1.54, 1.807) is 11.9 Å². The van der Waals surface area contributed by atoms with Crippen LogP contribution < -0.4 is 10.6 Å². The Morgan fingerprint density at radius 2 is 1.70 bits per heavy atom. The van der Waals surface area contributed by atoms with Crippen molar-refractivity contribution in [2.75, 3.05) is 13.6 Å².